The molecule has 1 amide bonds. The minimum absolute atomic E-state index is 0.0469. The van der Waals surface area contributed by atoms with Crippen molar-refractivity contribution in [1.82, 2.24) is 0 Å². The molecular weight excluding hydrogens is 242 g/mol. The van der Waals surface area contributed by atoms with Gasteiger partial charge in [-0.25, -0.2) is 4.79 Å². The van der Waals surface area contributed by atoms with Crippen molar-refractivity contribution in [3.63, 3.8) is 0 Å². The largest absolute Gasteiger partial charge is 0.459 e. The molecule has 0 atom stereocenters. The van der Waals surface area contributed by atoms with Crippen LogP contribution in [0.1, 0.15) is 49.4 Å². The van der Waals surface area contributed by atoms with E-state index >= 15 is 0 Å². The predicted octanol–water partition coefficient (Wildman–Crippen LogP) is 3.13. The molecule has 4 heteroatoms. The molecule has 4 nitrogen and oxygen atoms in total. The van der Waals surface area contributed by atoms with Gasteiger partial charge in [0.25, 0.3) is 0 Å². The lowest BCUT2D eigenvalue weighted by Crippen LogP contribution is -2.21. The molecule has 1 aliphatic rings. The van der Waals surface area contributed by atoms with E-state index in [4.69, 9.17) is 4.74 Å². The summed E-state index contributed by atoms with van der Waals surface area (Å²) in [4.78, 5) is 23.0. The van der Waals surface area contributed by atoms with Gasteiger partial charge >= 0.3 is 5.97 Å². The number of carbonyl (C=O) groups excluding carboxylic acids is 2. The molecule has 1 saturated carbocycles. The van der Waals surface area contributed by atoms with Crippen LogP contribution in [0.15, 0.2) is 24.3 Å². The molecule has 0 unspecified atom stereocenters. The molecule has 2 rings (SSSR count). The van der Waals surface area contributed by atoms with Crippen LogP contribution in [0.3, 0.4) is 0 Å². The van der Waals surface area contributed by atoms with Crippen LogP contribution in [0.5, 0.6) is 0 Å². The quantitative estimate of drug-likeness (QED) is 0.850. The van der Waals surface area contributed by atoms with Crippen molar-refractivity contribution in [1.29, 1.82) is 0 Å². The second-order valence-electron chi connectivity index (χ2n) is 4.93. The van der Waals surface area contributed by atoms with Gasteiger partial charge in [0.2, 0.25) is 5.91 Å². The van der Waals surface area contributed by atoms with E-state index in [0.29, 0.717) is 11.3 Å². The van der Waals surface area contributed by atoms with Crippen LogP contribution >= 0.6 is 0 Å². The summed E-state index contributed by atoms with van der Waals surface area (Å²) in [5.41, 5.74) is 1.10. The molecule has 1 aromatic rings. The topological polar surface area (TPSA) is 55.4 Å². The van der Waals surface area contributed by atoms with Gasteiger partial charge < -0.3 is 10.1 Å². The highest BCUT2D eigenvalue weighted by atomic mass is 16.5. The third-order valence-electron chi connectivity index (χ3n) is 3.24. The summed E-state index contributed by atoms with van der Waals surface area (Å²) >= 11 is 0. The average molecular weight is 261 g/mol. The van der Waals surface area contributed by atoms with Crippen LogP contribution in [0.25, 0.3) is 0 Å². The van der Waals surface area contributed by atoms with Crippen molar-refractivity contribution in [2.24, 2.45) is 0 Å². The number of ether oxygens (including phenoxy) is 1. The molecule has 102 valence electrons. The van der Waals surface area contributed by atoms with E-state index < -0.39 is 0 Å². The first-order valence-electron chi connectivity index (χ1n) is 6.74. The van der Waals surface area contributed by atoms with Crippen molar-refractivity contribution < 1.29 is 14.3 Å². The number of anilines is 1. The highest BCUT2D eigenvalue weighted by molar-refractivity contribution is 5.93. The Bertz CT molecular complexity index is 464. The fraction of sp³-hybridized carbons (Fsp3) is 0.467. The lowest BCUT2D eigenvalue weighted by molar-refractivity contribution is -0.114. The van der Waals surface area contributed by atoms with E-state index in [-0.39, 0.29) is 18.0 Å². The first kappa shape index (κ1) is 13.6. The average Bonchev–Trinajstić information content (AvgIpc) is 2.39. The summed E-state index contributed by atoms with van der Waals surface area (Å²) in [5.74, 6) is -0.461. The molecule has 0 bridgehead atoms. The minimum Gasteiger partial charge on any atom is -0.459 e. The van der Waals surface area contributed by atoms with Gasteiger partial charge in [-0.1, -0.05) is 12.5 Å². The van der Waals surface area contributed by atoms with Gasteiger partial charge in [0.05, 0.1) is 5.56 Å². The van der Waals surface area contributed by atoms with Gasteiger partial charge in [0, 0.05) is 12.6 Å². The van der Waals surface area contributed by atoms with E-state index in [1.165, 1.54) is 13.3 Å². The number of rotatable bonds is 3. The molecule has 0 radical (unpaired) electrons. The smallest absolute Gasteiger partial charge is 0.338 e. The monoisotopic (exact) mass is 261 g/mol. The Balaban J connectivity index is 1.99. The maximum absolute atomic E-state index is 12.0. The molecule has 19 heavy (non-hydrogen) atoms. The van der Waals surface area contributed by atoms with Crippen LogP contribution in [0.2, 0.25) is 0 Å². The summed E-state index contributed by atoms with van der Waals surface area (Å²) in [6, 6.07) is 6.84. The van der Waals surface area contributed by atoms with Gasteiger partial charge in [-0.3, -0.25) is 4.79 Å². The number of hydrogen-bond donors (Lipinski definition) is 1. The number of benzene rings is 1. The number of hydrogen-bond acceptors (Lipinski definition) is 3. The highest BCUT2D eigenvalue weighted by Gasteiger charge is 2.18. The van der Waals surface area contributed by atoms with Crippen molar-refractivity contribution in [3.8, 4) is 0 Å². The summed E-state index contributed by atoms with van der Waals surface area (Å²) < 4.78 is 5.49. The maximum Gasteiger partial charge on any atom is 0.338 e. The number of esters is 1. The first-order chi connectivity index (χ1) is 9.15. The third-order valence-corrected chi connectivity index (χ3v) is 3.24. The van der Waals surface area contributed by atoms with Gasteiger partial charge in [-0.05, 0) is 43.9 Å². The molecule has 0 heterocycles. The number of carbonyl (C=O) groups is 2. The second-order valence-corrected chi connectivity index (χ2v) is 4.93. The van der Waals surface area contributed by atoms with Crippen LogP contribution in [0, 0.1) is 0 Å². The van der Waals surface area contributed by atoms with E-state index in [0.717, 1.165) is 25.7 Å². The Hall–Kier alpha value is -1.84. The summed E-state index contributed by atoms with van der Waals surface area (Å²) in [5, 5.41) is 2.66. The fourth-order valence-electron chi connectivity index (χ4n) is 2.33. The Morgan fingerprint density at radius 2 is 1.95 bits per heavy atom. The molecule has 0 aliphatic heterocycles. The van der Waals surface area contributed by atoms with E-state index in [1.807, 2.05) is 0 Å². The Kier molecular flexibility index (Phi) is 4.55. The number of amides is 1. The molecule has 0 saturated heterocycles. The molecule has 0 aromatic heterocycles. The Labute approximate surface area is 113 Å². The molecule has 1 aliphatic carbocycles. The minimum atomic E-state index is -0.306. The zero-order valence-corrected chi connectivity index (χ0v) is 11.1. The predicted molar refractivity (Wildman–Crippen MR) is 73.0 cm³/mol. The SMILES string of the molecule is CC(=O)Nc1cccc(C(=O)OC2CCCCC2)c1. The molecule has 1 aromatic carbocycles. The van der Waals surface area contributed by atoms with Crippen LogP contribution in [0.4, 0.5) is 5.69 Å². The van der Waals surface area contributed by atoms with Crippen LogP contribution in [-0.2, 0) is 9.53 Å². The van der Waals surface area contributed by atoms with Crippen molar-refractivity contribution in [2.75, 3.05) is 5.32 Å². The summed E-state index contributed by atoms with van der Waals surface area (Å²) in [6.07, 6.45) is 5.44. The van der Waals surface area contributed by atoms with Crippen LogP contribution < -0.4 is 5.32 Å². The normalized spacial score (nSPS) is 15.8. The summed E-state index contributed by atoms with van der Waals surface area (Å²) in [6.45, 7) is 1.44. The van der Waals surface area contributed by atoms with Crippen molar-refractivity contribution >= 4 is 17.6 Å². The van der Waals surface area contributed by atoms with Gasteiger partial charge in [0.1, 0.15) is 6.10 Å². The van der Waals surface area contributed by atoms with E-state index in [2.05, 4.69) is 5.32 Å². The van der Waals surface area contributed by atoms with Crippen LogP contribution in [-0.4, -0.2) is 18.0 Å². The third kappa shape index (κ3) is 4.09. The lowest BCUT2D eigenvalue weighted by atomic mass is 9.98. The van der Waals surface area contributed by atoms with E-state index in [1.54, 1.807) is 24.3 Å². The molecule has 1 N–H and O–H groups in total. The van der Waals surface area contributed by atoms with E-state index in [9.17, 15) is 9.59 Å². The Morgan fingerprint density at radius 3 is 2.63 bits per heavy atom. The zero-order valence-electron chi connectivity index (χ0n) is 11.1. The maximum atomic E-state index is 12.0. The fourth-order valence-corrected chi connectivity index (χ4v) is 2.33. The second kappa shape index (κ2) is 6.36. The van der Waals surface area contributed by atoms with Crippen molar-refractivity contribution in [3.05, 3.63) is 29.8 Å². The Morgan fingerprint density at radius 1 is 1.21 bits per heavy atom. The standard InChI is InChI=1S/C15H19NO3/c1-11(17)16-13-7-5-6-12(10-13)15(18)19-14-8-3-2-4-9-14/h5-7,10,14H,2-4,8-9H2,1H3,(H,16,17). The molecular formula is C15H19NO3. The van der Waals surface area contributed by atoms with Crippen molar-refractivity contribution in [2.45, 2.75) is 45.1 Å². The lowest BCUT2D eigenvalue weighted by Gasteiger charge is -2.21. The molecule has 0 spiro atoms. The summed E-state index contributed by atoms with van der Waals surface area (Å²) in [7, 11) is 0. The number of nitrogens with one attached hydrogen (secondary N) is 1. The highest BCUT2D eigenvalue weighted by Crippen LogP contribution is 2.22. The zero-order chi connectivity index (χ0) is 13.7. The van der Waals surface area contributed by atoms with Gasteiger partial charge in [-0.2, -0.15) is 0 Å². The first-order valence-corrected chi connectivity index (χ1v) is 6.74. The van der Waals surface area contributed by atoms with Gasteiger partial charge in [0.15, 0.2) is 0 Å². The molecule has 1 fully saturated rings. The van der Waals surface area contributed by atoms with Gasteiger partial charge in [-0.15, -0.1) is 0 Å².